The van der Waals surface area contributed by atoms with Crippen molar-refractivity contribution in [1.82, 2.24) is 19.4 Å². The molecule has 9 nitrogen and oxygen atoms in total. The number of methoxy groups -OCH3 is 1. The largest absolute Gasteiger partial charge is 0.383 e. The molecular formula is C20H41N5O4S. The number of guanidine groups is 1. The summed E-state index contributed by atoms with van der Waals surface area (Å²) in [5.74, 6) is 0.925. The fraction of sp³-hybridized carbons (Fsp3) is 0.950. The van der Waals surface area contributed by atoms with Crippen molar-refractivity contribution in [2.24, 2.45) is 4.99 Å². The van der Waals surface area contributed by atoms with E-state index in [-0.39, 0.29) is 18.5 Å². The van der Waals surface area contributed by atoms with Crippen LogP contribution in [0, 0.1) is 0 Å². The maximum atomic E-state index is 12.6. The molecule has 0 radical (unpaired) electrons. The number of ether oxygens (including phenoxy) is 2. The Morgan fingerprint density at radius 1 is 1.17 bits per heavy atom. The molecule has 0 amide bonds. The third kappa shape index (κ3) is 7.96. The summed E-state index contributed by atoms with van der Waals surface area (Å²) in [7, 11) is -1.54. The number of nitrogens with one attached hydrogen (secondary N) is 1. The van der Waals surface area contributed by atoms with E-state index in [2.05, 4.69) is 22.0 Å². The van der Waals surface area contributed by atoms with Crippen molar-refractivity contribution >= 4 is 16.0 Å². The van der Waals surface area contributed by atoms with E-state index < -0.39 is 10.0 Å². The van der Waals surface area contributed by atoms with E-state index in [1.54, 1.807) is 11.4 Å². The summed E-state index contributed by atoms with van der Waals surface area (Å²) < 4.78 is 37.3. The Labute approximate surface area is 182 Å². The normalized spacial score (nSPS) is 22.2. The van der Waals surface area contributed by atoms with Gasteiger partial charge in [0.25, 0.3) is 0 Å². The molecule has 0 bridgehead atoms. The maximum Gasteiger partial charge on any atom is 0.216 e. The van der Waals surface area contributed by atoms with Crippen LogP contribution in [0.3, 0.4) is 0 Å². The second-order valence-corrected chi connectivity index (χ2v) is 10.2. The van der Waals surface area contributed by atoms with Crippen LogP contribution in [-0.2, 0) is 19.5 Å². The van der Waals surface area contributed by atoms with Gasteiger partial charge in [-0.25, -0.2) is 8.42 Å². The van der Waals surface area contributed by atoms with Crippen LogP contribution in [0.15, 0.2) is 4.99 Å². The predicted octanol–water partition coefficient (Wildman–Crippen LogP) is 0.435. The molecule has 0 aliphatic carbocycles. The highest BCUT2D eigenvalue weighted by Crippen LogP contribution is 2.17. The standard InChI is InChI=1S/C20H41N5O4S/c1-5-21-20(22-17-19-7-6-8-23(19)13-14-28-4)24-9-11-25(12-10-24)30(26,27)16-15-29-18(2)3/h18-19H,5-17H2,1-4H3,(H,21,22). The topological polar surface area (TPSA) is 86.7 Å². The molecule has 2 fully saturated rings. The molecule has 0 saturated carbocycles. The van der Waals surface area contributed by atoms with Gasteiger partial charge in [0.2, 0.25) is 10.0 Å². The Balaban J connectivity index is 1.88. The van der Waals surface area contributed by atoms with Crippen molar-refractivity contribution in [3.8, 4) is 0 Å². The fourth-order valence-electron chi connectivity index (χ4n) is 3.92. The van der Waals surface area contributed by atoms with E-state index in [1.165, 1.54) is 6.42 Å². The highest BCUT2D eigenvalue weighted by atomic mass is 32.2. The lowest BCUT2D eigenvalue weighted by molar-refractivity contribution is 0.0904. The molecule has 1 atom stereocenters. The predicted molar refractivity (Wildman–Crippen MR) is 120 cm³/mol. The van der Waals surface area contributed by atoms with Gasteiger partial charge in [0, 0.05) is 52.4 Å². The van der Waals surface area contributed by atoms with Crippen molar-refractivity contribution in [3.63, 3.8) is 0 Å². The molecule has 30 heavy (non-hydrogen) atoms. The molecule has 0 aromatic carbocycles. The van der Waals surface area contributed by atoms with Gasteiger partial charge in [0.15, 0.2) is 5.96 Å². The lowest BCUT2D eigenvalue weighted by atomic mass is 10.2. The molecule has 2 saturated heterocycles. The number of hydrogen-bond donors (Lipinski definition) is 1. The van der Waals surface area contributed by atoms with E-state index in [9.17, 15) is 8.42 Å². The van der Waals surface area contributed by atoms with Gasteiger partial charge in [0.1, 0.15) is 0 Å². The van der Waals surface area contributed by atoms with Crippen molar-refractivity contribution in [1.29, 1.82) is 0 Å². The first kappa shape index (κ1) is 25.3. The summed E-state index contributed by atoms with van der Waals surface area (Å²) in [5.41, 5.74) is 0. The van der Waals surface area contributed by atoms with Crippen LogP contribution in [0.25, 0.3) is 0 Å². The van der Waals surface area contributed by atoms with Crippen molar-refractivity contribution < 1.29 is 17.9 Å². The second kappa shape index (κ2) is 12.8. The van der Waals surface area contributed by atoms with Gasteiger partial charge >= 0.3 is 0 Å². The highest BCUT2D eigenvalue weighted by Gasteiger charge is 2.29. The molecule has 2 heterocycles. The number of rotatable bonds is 11. The van der Waals surface area contributed by atoms with E-state index in [0.29, 0.717) is 32.2 Å². The average molecular weight is 448 g/mol. The number of likely N-dealkylation sites (tertiary alicyclic amines) is 1. The first-order chi connectivity index (χ1) is 14.4. The van der Waals surface area contributed by atoms with E-state index in [0.717, 1.165) is 45.2 Å². The number of sulfonamides is 1. The van der Waals surface area contributed by atoms with Gasteiger partial charge in [-0.2, -0.15) is 4.31 Å². The van der Waals surface area contributed by atoms with Gasteiger partial charge in [0.05, 0.1) is 31.6 Å². The number of piperazine rings is 1. The SMILES string of the molecule is CCNC(=NCC1CCCN1CCOC)N1CCN(S(=O)(=O)CCOC(C)C)CC1. The third-order valence-electron chi connectivity index (χ3n) is 5.59. The lowest BCUT2D eigenvalue weighted by Crippen LogP contribution is -2.54. The Bertz CT molecular complexity index is 621. The second-order valence-electron chi connectivity index (χ2n) is 8.14. The number of nitrogens with zero attached hydrogens (tertiary/aromatic N) is 4. The van der Waals surface area contributed by atoms with Gasteiger partial charge in [-0.1, -0.05) is 0 Å². The third-order valence-corrected chi connectivity index (χ3v) is 7.43. The summed E-state index contributed by atoms with van der Waals surface area (Å²) in [6, 6.07) is 0.455. The van der Waals surface area contributed by atoms with Crippen LogP contribution in [-0.4, -0.2) is 119 Å². The molecule has 0 aromatic heterocycles. The summed E-state index contributed by atoms with van der Waals surface area (Å²) in [5, 5.41) is 3.38. The van der Waals surface area contributed by atoms with Crippen LogP contribution in [0.4, 0.5) is 0 Å². The molecule has 176 valence electrons. The minimum Gasteiger partial charge on any atom is -0.383 e. The molecular weight excluding hydrogens is 406 g/mol. The van der Waals surface area contributed by atoms with E-state index in [1.807, 2.05) is 13.8 Å². The first-order valence-electron chi connectivity index (χ1n) is 11.2. The minimum absolute atomic E-state index is 0.0400. The molecule has 2 aliphatic rings. The monoisotopic (exact) mass is 447 g/mol. The van der Waals surface area contributed by atoms with E-state index >= 15 is 0 Å². The van der Waals surface area contributed by atoms with Crippen molar-refractivity contribution in [2.45, 2.75) is 45.8 Å². The van der Waals surface area contributed by atoms with E-state index in [4.69, 9.17) is 14.5 Å². The molecule has 10 heteroatoms. The molecule has 2 aliphatic heterocycles. The summed E-state index contributed by atoms with van der Waals surface area (Å²) in [6.07, 6.45) is 2.41. The molecule has 1 unspecified atom stereocenters. The minimum atomic E-state index is -3.28. The number of aliphatic imine (C=N–C) groups is 1. The van der Waals surface area contributed by atoms with Crippen molar-refractivity contribution in [2.75, 3.05) is 78.4 Å². The van der Waals surface area contributed by atoms with Crippen LogP contribution in [0.1, 0.15) is 33.6 Å². The van der Waals surface area contributed by atoms with Crippen LogP contribution in [0.5, 0.6) is 0 Å². The smallest absolute Gasteiger partial charge is 0.216 e. The maximum absolute atomic E-state index is 12.6. The van der Waals surface area contributed by atoms with Gasteiger partial charge in [-0.3, -0.25) is 9.89 Å². The zero-order valence-electron chi connectivity index (χ0n) is 19.2. The number of hydrogen-bond acceptors (Lipinski definition) is 6. The Morgan fingerprint density at radius 2 is 1.90 bits per heavy atom. The summed E-state index contributed by atoms with van der Waals surface area (Å²) in [4.78, 5) is 9.53. The van der Waals surface area contributed by atoms with Crippen LogP contribution < -0.4 is 5.32 Å². The van der Waals surface area contributed by atoms with Gasteiger partial charge in [-0.05, 0) is 40.2 Å². The Morgan fingerprint density at radius 3 is 2.53 bits per heavy atom. The van der Waals surface area contributed by atoms with Gasteiger partial charge in [-0.15, -0.1) is 0 Å². The highest BCUT2D eigenvalue weighted by molar-refractivity contribution is 7.89. The molecule has 2 rings (SSSR count). The first-order valence-corrected chi connectivity index (χ1v) is 12.8. The average Bonchev–Trinajstić information content (AvgIpc) is 3.16. The Kier molecular flexibility index (Phi) is 10.8. The van der Waals surface area contributed by atoms with Crippen LogP contribution >= 0.6 is 0 Å². The van der Waals surface area contributed by atoms with Gasteiger partial charge < -0.3 is 19.7 Å². The zero-order valence-corrected chi connectivity index (χ0v) is 20.0. The summed E-state index contributed by atoms with van der Waals surface area (Å²) in [6.45, 7) is 12.7. The molecule has 1 N–H and O–H groups in total. The van der Waals surface area contributed by atoms with Crippen LogP contribution in [0.2, 0.25) is 0 Å². The fourth-order valence-corrected chi connectivity index (χ4v) is 5.20. The Hall–Kier alpha value is -0.940. The molecule has 0 aromatic rings. The summed E-state index contributed by atoms with van der Waals surface area (Å²) >= 11 is 0. The zero-order chi connectivity index (χ0) is 22.0. The lowest BCUT2D eigenvalue weighted by Gasteiger charge is -2.36. The molecule has 0 spiro atoms. The van der Waals surface area contributed by atoms with Crippen molar-refractivity contribution in [3.05, 3.63) is 0 Å². The quantitative estimate of drug-likeness (QED) is 0.363.